The van der Waals surface area contributed by atoms with Crippen LogP contribution < -0.4 is 0 Å². The van der Waals surface area contributed by atoms with Gasteiger partial charge in [0.05, 0.1) is 11.8 Å². The molecule has 1 aliphatic heterocycles. The van der Waals surface area contributed by atoms with Crippen molar-refractivity contribution in [2.24, 2.45) is 29.6 Å². The van der Waals surface area contributed by atoms with E-state index in [1.54, 1.807) is 0 Å². The van der Waals surface area contributed by atoms with E-state index in [4.69, 9.17) is 0 Å². The smallest absolute Gasteiger partial charge is 0.307 e. The lowest BCUT2D eigenvalue weighted by Gasteiger charge is -2.26. The summed E-state index contributed by atoms with van der Waals surface area (Å²) in [6.07, 6.45) is 4.68. The Kier molecular flexibility index (Phi) is 5.28. The molecule has 4 atom stereocenters. The van der Waals surface area contributed by atoms with Gasteiger partial charge in [0.25, 0.3) is 0 Å². The molecule has 1 aliphatic carbocycles. The number of hydrogen-bond donors (Lipinski definition) is 1. The molecule has 4 heteroatoms. The first-order valence-corrected chi connectivity index (χ1v) is 8.41. The zero-order valence-corrected chi connectivity index (χ0v) is 13.5. The number of carboxylic acids is 1. The van der Waals surface area contributed by atoms with Crippen LogP contribution in [0.25, 0.3) is 0 Å². The number of carboxylic acid groups (broad SMARTS) is 1. The summed E-state index contributed by atoms with van der Waals surface area (Å²) in [7, 11) is 0. The number of nitrogens with zero attached hydrogens (tertiary/aromatic N) is 1. The van der Waals surface area contributed by atoms with Gasteiger partial charge in [-0.1, -0.05) is 20.8 Å². The maximum absolute atomic E-state index is 12.8. The van der Waals surface area contributed by atoms with Crippen molar-refractivity contribution in [1.29, 1.82) is 0 Å². The van der Waals surface area contributed by atoms with E-state index in [2.05, 4.69) is 20.8 Å². The number of aliphatic carboxylic acids is 1. The highest BCUT2D eigenvalue weighted by atomic mass is 16.4. The third-order valence-electron chi connectivity index (χ3n) is 5.46. The van der Waals surface area contributed by atoms with Gasteiger partial charge in [-0.15, -0.1) is 0 Å². The van der Waals surface area contributed by atoms with Gasteiger partial charge in [-0.3, -0.25) is 9.59 Å². The maximum Gasteiger partial charge on any atom is 0.307 e. The lowest BCUT2D eigenvalue weighted by molar-refractivity contribution is -0.149. The van der Waals surface area contributed by atoms with Gasteiger partial charge >= 0.3 is 5.97 Å². The topological polar surface area (TPSA) is 57.6 Å². The molecule has 1 saturated carbocycles. The minimum Gasteiger partial charge on any atom is -0.481 e. The molecule has 0 radical (unpaired) electrons. The van der Waals surface area contributed by atoms with E-state index in [-0.39, 0.29) is 11.8 Å². The average Bonchev–Trinajstić information content (AvgIpc) is 2.66. The average molecular weight is 295 g/mol. The molecule has 0 aromatic heterocycles. The molecule has 1 heterocycles. The first kappa shape index (κ1) is 16.3. The van der Waals surface area contributed by atoms with Crippen LogP contribution in [-0.2, 0) is 9.59 Å². The van der Waals surface area contributed by atoms with Crippen molar-refractivity contribution in [2.45, 2.75) is 52.9 Å². The number of amides is 1. The van der Waals surface area contributed by atoms with Gasteiger partial charge in [-0.2, -0.15) is 0 Å². The van der Waals surface area contributed by atoms with Gasteiger partial charge in [0.1, 0.15) is 0 Å². The number of likely N-dealkylation sites (tertiary alicyclic amines) is 1. The van der Waals surface area contributed by atoms with Crippen molar-refractivity contribution in [2.75, 3.05) is 13.1 Å². The highest BCUT2D eigenvalue weighted by Crippen LogP contribution is 2.38. The molecular formula is C17H29NO3. The fraction of sp³-hybridized carbons (Fsp3) is 0.882. The van der Waals surface area contributed by atoms with Gasteiger partial charge in [-0.25, -0.2) is 0 Å². The van der Waals surface area contributed by atoms with Gasteiger partial charge in [0, 0.05) is 13.1 Å². The quantitative estimate of drug-likeness (QED) is 0.870. The van der Waals surface area contributed by atoms with Crippen molar-refractivity contribution in [3.63, 3.8) is 0 Å². The molecular weight excluding hydrogens is 266 g/mol. The summed E-state index contributed by atoms with van der Waals surface area (Å²) < 4.78 is 0. The van der Waals surface area contributed by atoms with E-state index in [1.807, 2.05) is 4.90 Å². The third-order valence-corrected chi connectivity index (χ3v) is 5.46. The zero-order chi connectivity index (χ0) is 15.6. The number of rotatable bonds is 3. The fourth-order valence-electron chi connectivity index (χ4n) is 4.08. The molecule has 4 nitrogen and oxygen atoms in total. The van der Waals surface area contributed by atoms with Crippen LogP contribution in [0.1, 0.15) is 52.9 Å². The molecule has 0 aromatic rings. The molecule has 0 spiro atoms. The third kappa shape index (κ3) is 3.78. The van der Waals surface area contributed by atoms with Gasteiger partial charge in [-0.05, 0) is 49.9 Å². The molecule has 1 saturated heterocycles. The summed E-state index contributed by atoms with van der Waals surface area (Å²) >= 11 is 0. The summed E-state index contributed by atoms with van der Waals surface area (Å²) in [6.45, 7) is 8.17. The van der Waals surface area contributed by atoms with Gasteiger partial charge in [0.2, 0.25) is 5.91 Å². The first-order valence-electron chi connectivity index (χ1n) is 8.41. The summed E-state index contributed by atoms with van der Waals surface area (Å²) in [5.74, 6) is 0.225. The van der Waals surface area contributed by atoms with Crippen molar-refractivity contribution >= 4 is 11.9 Å². The Morgan fingerprint density at radius 2 is 1.76 bits per heavy atom. The largest absolute Gasteiger partial charge is 0.481 e. The van der Waals surface area contributed by atoms with Crippen LogP contribution in [0.15, 0.2) is 0 Å². The Bertz CT molecular complexity index is 393. The van der Waals surface area contributed by atoms with Crippen molar-refractivity contribution in [3.05, 3.63) is 0 Å². The molecule has 2 rings (SSSR count). The molecule has 2 aliphatic rings. The summed E-state index contributed by atoms with van der Waals surface area (Å²) in [5.41, 5.74) is 0. The highest BCUT2D eigenvalue weighted by Gasteiger charge is 2.43. The van der Waals surface area contributed by atoms with Crippen molar-refractivity contribution in [1.82, 2.24) is 4.90 Å². The van der Waals surface area contributed by atoms with Crippen LogP contribution in [0.2, 0.25) is 0 Å². The van der Waals surface area contributed by atoms with Crippen molar-refractivity contribution in [3.8, 4) is 0 Å². The predicted molar refractivity (Wildman–Crippen MR) is 81.8 cm³/mol. The van der Waals surface area contributed by atoms with E-state index in [9.17, 15) is 14.7 Å². The van der Waals surface area contributed by atoms with Crippen LogP contribution in [0.4, 0.5) is 0 Å². The van der Waals surface area contributed by atoms with Crippen LogP contribution in [0.3, 0.4) is 0 Å². The fourth-order valence-corrected chi connectivity index (χ4v) is 4.08. The van der Waals surface area contributed by atoms with Crippen LogP contribution in [0.5, 0.6) is 0 Å². The van der Waals surface area contributed by atoms with E-state index >= 15 is 0 Å². The second-order valence-corrected chi connectivity index (χ2v) is 7.39. The first-order chi connectivity index (χ1) is 9.90. The Balaban J connectivity index is 2.00. The molecule has 0 bridgehead atoms. The molecule has 21 heavy (non-hydrogen) atoms. The minimum absolute atomic E-state index is 0.0937. The standard InChI is InChI=1S/C17H29NO3/c1-11(2)13-5-4-7-18(8-6-13)16(19)14-9-12(3)10-15(14)17(20)21/h11-15H,4-10H2,1-3H3,(H,20,21). The van der Waals surface area contributed by atoms with Crippen LogP contribution in [0, 0.1) is 29.6 Å². The van der Waals surface area contributed by atoms with Crippen molar-refractivity contribution < 1.29 is 14.7 Å². The lowest BCUT2D eigenvalue weighted by atomic mass is 9.89. The molecule has 1 N–H and O–H groups in total. The van der Waals surface area contributed by atoms with E-state index in [1.165, 1.54) is 6.42 Å². The lowest BCUT2D eigenvalue weighted by Crippen LogP contribution is -2.39. The molecule has 0 aromatic carbocycles. The van der Waals surface area contributed by atoms with E-state index < -0.39 is 11.9 Å². The van der Waals surface area contributed by atoms with Crippen LogP contribution >= 0.6 is 0 Å². The van der Waals surface area contributed by atoms with Gasteiger partial charge in [0.15, 0.2) is 0 Å². The normalized spacial score (nSPS) is 34.0. The second kappa shape index (κ2) is 6.80. The van der Waals surface area contributed by atoms with Gasteiger partial charge < -0.3 is 10.0 Å². The Morgan fingerprint density at radius 1 is 1.10 bits per heavy atom. The number of hydrogen-bond acceptors (Lipinski definition) is 2. The Morgan fingerprint density at radius 3 is 2.38 bits per heavy atom. The van der Waals surface area contributed by atoms with E-state index in [0.717, 1.165) is 32.4 Å². The minimum atomic E-state index is -0.799. The molecule has 1 amide bonds. The highest BCUT2D eigenvalue weighted by molar-refractivity contribution is 5.85. The molecule has 120 valence electrons. The maximum atomic E-state index is 12.8. The zero-order valence-electron chi connectivity index (χ0n) is 13.5. The Hall–Kier alpha value is -1.06. The summed E-state index contributed by atoms with van der Waals surface area (Å²) in [4.78, 5) is 26.1. The molecule has 4 unspecified atom stereocenters. The second-order valence-electron chi connectivity index (χ2n) is 7.39. The Labute approximate surface area is 127 Å². The summed E-state index contributed by atoms with van der Waals surface area (Å²) in [6, 6.07) is 0. The predicted octanol–water partition coefficient (Wildman–Crippen LogP) is 3.02. The molecule has 2 fully saturated rings. The number of carbonyl (C=O) groups is 2. The summed E-state index contributed by atoms with van der Waals surface area (Å²) in [5, 5.41) is 9.35. The number of carbonyl (C=O) groups excluding carboxylic acids is 1. The van der Waals surface area contributed by atoms with Crippen LogP contribution in [-0.4, -0.2) is 35.0 Å². The SMILES string of the molecule is CC1CC(C(=O)O)C(C(=O)N2CCCC(C(C)C)CC2)C1. The monoisotopic (exact) mass is 295 g/mol. The van der Waals surface area contributed by atoms with E-state index in [0.29, 0.717) is 24.2 Å².